The molecule has 0 bridgehead atoms. The molecule has 0 atom stereocenters. The number of likely N-dealkylation sites (tertiary alicyclic amines) is 1. The van der Waals surface area contributed by atoms with E-state index in [1.807, 2.05) is 0 Å². The third-order valence-electron chi connectivity index (χ3n) is 3.85. The molecule has 2 rings (SSSR count). The van der Waals surface area contributed by atoms with Gasteiger partial charge in [-0.25, -0.2) is 4.79 Å². The standard InChI is InChI=1S/C18H23F3N2O3S/c1-17(2,3)26-16(25)22-12-8-10-23(11-9-12)15(24)13-6-4-5-7-14(13)27-18(19,20)21/h4-7,12H,8-11H2,1-3H3,(H,22,25). The van der Waals surface area contributed by atoms with Gasteiger partial charge in [-0.2, -0.15) is 13.2 Å². The van der Waals surface area contributed by atoms with E-state index in [0.717, 1.165) is 0 Å². The summed E-state index contributed by atoms with van der Waals surface area (Å²) in [5, 5.41) is 2.77. The van der Waals surface area contributed by atoms with Crippen LogP contribution >= 0.6 is 11.8 Å². The first-order valence-electron chi connectivity index (χ1n) is 8.58. The van der Waals surface area contributed by atoms with Gasteiger partial charge < -0.3 is 15.0 Å². The molecule has 9 heteroatoms. The number of hydrogen-bond acceptors (Lipinski definition) is 4. The Morgan fingerprint density at radius 1 is 1.15 bits per heavy atom. The molecule has 27 heavy (non-hydrogen) atoms. The van der Waals surface area contributed by atoms with Gasteiger partial charge in [-0.3, -0.25) is 4.79 Å². The zero-order valence-corrected chi connectivity index (χ0v) is 16.2. The zero-order valence-electron chi connectivity index (χ0n) is 15.4. The average molecular weight is 404 g/mol. The Bertz CT molecular complexity index is 681. The third-order valence-corrected chi connectivity index (χ3v) is 4.65. The van der Waals surface area contributed by atoms with Crippen LogP contribution in [0.1, 0.15) is 44.0 Å². The highest BCUT2D eigenvalue weighted by Gasteiger charge is 2.33. The number of thioether (sulfide) groups is 1. The number of ether oxygens (including phenoxy) is 1. The van der Waals surface area contributed by atoms with Gasteiger partial charge in [0.15, 0.2) is 0 Å². The molecular weight excluding hydrogens is 381 g/mol. The van der Waals surface area contributed by atoms with Gasteiger partial charge in [0, 0.05) is 24.0 Å². The fourth-order valence-corrected chi connectivity index (χ4v) is 3.39. The number of rotatable bonds is 3. The van der Waals surface area contributed by atoms with Gasteiger partial charge in [-0.1, -0.05) is 12.1 Å². The molecule has 1 aliphatic rings. The van der Waals surface area contributed by atoms with Gasteiger partial charge in [0.2, 0.25) is 0 Å². The van der Waals surface area contributed by atoms with Crippen molar-refractivity contribution in [3.63, 3.8) is 0 Å². The number of benzene rings is 1. The van der Waals surface area contributed by atoms with Gasteiger partial charge in [-0.15, -0.1) is 0 Å². The fourth-order valence-electron chi connectivity index (χ4n) is 2.73. The molecule has 1 fully saturated rings. The maximum absolute atomic E-state index is 12.7. The summed E-state index contributed by atoms with van der Waals surface area (Å²) in [4.78, 5) is 25.9. The minimum Gasteiger partial charge on any atom is -0.444 e. The highest BCUT2D eigenvalue weighted by molar-refractivity contribution is 8.00. The van der Waals surface area contributed by atoms with Crippen LogP contribution in [0.4, 0.5) is 18.0 Å². The van der Waals surface area contributed by atoms with Gasteiger partial charge >= 0.3 is 11.6 Å². The molecule has 1 heterocycles. The fraction of sp³-hybridized carbons (Fsp3) is 0.556. The molecule has 2 amide bonds. The van der Waals surface area contributed by atoms with Crippen LogP contribution < -0.4 is 5.32 Å². The second-order valence-corrected chi connectivity index (χ2v) is 8.36. The Kier molecular flexibility index (Phi) is 6.67. The van der Waals surface area contributed by atoms with Crippen LogP contribution in [0.3, 0.4) is 0 Å². The van der Waals surface area contributed by atoms with E-state index in [-0.39, 0.29) is 28.3 Å². The molecule has 1 N–H and O–H groups in total. The molecule has 0 aliphatic carbocycles. The summed E-state index contributed by atoms with van der Waals surface area (Å²) in [6.07, 6.45) is 0.512. The number of carbonyl (C=O) groups is 2. The van der Waals surface area contributed by atoms with Crippen LogP contribution in [0.2, 0.25) is 0 Å². The summed E-state index contributed by atoms with van der Waals surface area (Å²) >= 11 is -0.287. The number of halogens is 3. The monoisotopic (exact) mass is 404 g/mol. The largest absolute Gasteiger partial charge is 0.446 e. The Labute approximate surface area is 160 Å². The number of carbonyl (C=O) groups excluding carboxylic acids is 2. The molecule has 0 aromatic heterocycles. The highest BCUT2D eigenvalue weighted by Crippen LogP contribution is 2.38. The van der Waals surface area contributed by atoms with E-state index in [9.17, 15) is 22.8 Å². The number of piperidine rings is 1. The van der Waals surface area contributed by atoms with E-state index < -0.39 is 23.1 Å². The summed E-state index contributed by atoms with van der Waals surface area (Å²) in [6.45, 7) is 6.01. The van der Waals surface area contributed by atoms with E-state index >= 15 is 0 Å². The van der Waals surface area contributed by atoms with Crippen molar-refractivity contribution < 1.29 is 27.5 Å². The van der Waals surface area contributed by atoms with Crippen LogP contribution in [0.25, 0.3) is 0 Å². The first-order valence-corrected chi connectivity index (χ1v) is 9.40. The maximum Gasteiger partial charge on any atom is 0.446 e. The van der Waals surface area contributed by atoms with Gasteiger partial charge in [0.25, 0.3) is 5.91 Å². The SMILES string of the molecule is CC(C)(C)OC(=O)NC1CCN(C(=O)c2ccccc2SC(F)(F)F)CC1. The summed E-state index contributed by atoms with van der Waals surface area (Å²) in [7, 11) is 0. The Morgan fingerprint density at radius 3 is 2.30 bits per heavy atom. The second-order valence-electron chi connectivity index (χ2n) is 7.26. The lowest BCUT2D eigenvalue weighted by molar-refractivity contribution is -0.0328. The van der Waals surface area contributed by atoms with Crippen molar-refractivity contribution in [1.29, 1.82) is 0 Å². The molecule has 5 nitrogen and oxygen atoms in total. The van der Waals surface area contributed by atoms with E-state index in [1.54, 1.807) is 26.8 Å². The number of nitrogens with zero attached hydrogens (tertiary/aromatic N) is 1. The highest BCUT2D eigenvalue weighted by atomic mass is 32.2. The molecule has 1 aromatic carbocycles. The van der Waals surface area contributed by atoms with Crippen LogP contribution in [-0.2, 0) is 4.74 Å². The number of alkyl carbamates (subject to hydrolysis) is 1. The first kappa shape index (κ1) is 21.4. The Balaban J connectivity index is 1.95. The summed E-state index contributed by atoms with van der Waals surface area (Å²) < 4.78 is 43.3. The van der Waals surface area contributed by atoms with E-state index in [0.29, 0.717) is 25.9 Å². The number of hydrogen-bond donors (Lipinski definition) is 1. The van der Waals surface area contributed by atoms with Crippen molar-refractivity contribution in [3.05, 3.63) is 29.8 Å². The lowest BCUT2D eigenvalue weighted by Gasteiger charge is -2.33. The molecule has 0 spiro atoms. The van der Waals surface area contributed by atoms with E-state index in [1.165, 1.54) is 23.1 Å². The quantitative estimate of drug-likeness (QED) is 0.758. The molecule has 1 aliphatic heterocycles. The van der Waals surface area contributed by atoms with Crippen molar-refractivity contribution >= 4 is 23.8 Å². The summed E-state index contributed by atoms with van der Waals surface area (Å²) in [6, 6.07) is 5.58. The topological polar surface area (TPSA) is 58.6 Å². The van der Waals surface area contributed by atoms with Crippen molar-refractivity contribution in [3.8, 4) is 0 Å². The lowest BCUT2D eigenvalue weighted by atomic mass is 10.0. The van der Waals surface area contributed by atoms with Crippen LogP contribution in [0.5, 0.6) is 0 Å². The van der Waals surface area contributed by atoms with Crippen molar-refractivity contribution in [2.45, 2.75) is 55.7 Å². The van der Waals surface area contributed by atoms with E-state index in [2.05, 4.69) is 5.32 Å². The van der Waals surface area contributed by atoms with E-state index in [4.69, 9.17) is 4.74 Å². The number of amides is 2. The molecule has 0 saturated carbocycles. The lowest BCUT2D eigenvalue weighted by Crippen LogP contribution is -2.47. The first-order chi connectivity index (χ1) is 12.4. The predicted molar refractivity (Wildman–Crippen MR) is 96.6 cm³/mol. The van der Waals surface area contributed by atoms with Gasteiger partial charge in [0.05, 0.1) is 5.56 Å². The minimum atomic E-state index is -4.46. The molecule has 0 unspecified atom stereocenters. The van der Waals surface area contributed by atoms with Gasteiger partial charge in [0.1, 0.15) is 5.60 Å². The van der Waals surface area contributed by atoms with Crippen LogP contribution in [-0.4, -0.2) is 47.1 Å². The number of nitrogens with one attached hydrogen (secondary N) is 1. The Hall–Kier alpha value is -1.90. The van der Waals surface area contributed by atoms with Gasteiger partial charge in [-0.05, 0) is 57.5 Å². The van der Waals surface area contributed by atoms with Crippen molar-refractivity contribution in [1.82, 2.24) is 10.2 Å². The molecule has 1 saturated heterocycles. The van der Waals surface area contributed by atoms with Crippen molar-refractivity contribution in [2.24, 2.45) is 0 Å². The minimum absolute atomic E-state index is 0.0402. The third kappa shape index (κ3) is 6.97. The summed E-state index contributed by atoms with van der Waals surface area (Å²) in [5.41, 5.74) is -5.01. The normalized spacial score (nSPS) is 16.1. The summed E-state index contributed by atoms with van der Waals surface area (Å²) in [5.74, 6) is -0.432. The predicted octanol–water partition coefficient (Wildman–Crippen LogP) is 4.43. The Morgan fingerprint density at radius 2 is 1.74 bits per heavy atom. The van der Waals surface area contributed by atoms with Crippen molar-refractivity contribution in [2.75, 3.05) is 13.1 Å². The number of alkyl halides is 3. The molecule has 1 aromatic rings. The maximum atomic E-state index is 12.7. The average Bonchev–Trinajstić information content (AvgIpc) is 2.52. The zero-order chi connectivity index (χ0) is 20.2. The molecular formula is C18H23F3N2O3S. The molecule has 0 radical (unpaired) electrons. The van der Waals surface area contributed by atoms with Crippen LogP contribution in [0, 0.1) is 0 Å². The molecule has 150 valence electrons. The second kappa shape index (κ2) is 8.41. The smallest absolute Gasteiger partial charge is 0.444 e. The van der Waals surface area contributed by atoms with Crippen LogP contribution in [0.15, 0.2) is 29.2 Å².